The number of benzene rings is 1. The standard InChI is InChI=1S/C31H53N5O4/c1-11-22(6)27(31(40)34(8)25(28(32)37)17-20(2)3)36(10)30(39)26(18-21(4)5)35(9)29(38)24(33-7)19-23-15-13-12-14-16-23/h12-16,20-22,24-27,33H,11,17-19H2,1-10H3,(H2,32,37)/t22-,24?,25?,26?,27-/m0/s1. The molecule has 0 aliphatic heterocycles. The van der Waals surface area contributed by atoms with Gasteiger partial charge in [0.15, 0.2) is 0 Å². The molecule has 0 fully saturated rings. The average molecular weight is 560 g/mol. The first-order chi connectivity index (χ1) is 18.7. The zero-order valence-corrected chi connectivity index (χ0v) is 26.3. The monoisotopic (exact) mass is 559 g/mol. The Kier molecular flexibility index (Phi) is 14.3. The maximum Gasteiger partial charge on any atom is 0.246 e. The van der Waals surface area contributed by atoms with E-state index < -0.39 is 30.1 Å². The first-order valence-corrected chi connectivity index (χ1v) is 14.5. The lowest BCUT2D eigenvalue weighted by atomic mass is 9.93. The number of hydrogen-bond donors (Lipinski definition) is 2. The number of amides is 4. The molecular formula is C31H53N5O4. The molecule has 4 amide bonds. The zero-order chi connectivity index (χ0) is 30.7. The van der Waals surface area contributed by atoms with E-state index in [-0.39, 0.29) is 35.5 Å². The minimum atomic E-state index is -0.806. The van der Waals surface area contributed by atoms with E-state index in [0.29, 0.717) is 25.7 Å². The van der Waals surface area contributed by atoms with Crippen LogP contribution < -0.4 is 11.1 Å². The average Bonchev–Trinajstić information content (AvgIpc) is 2.91. The Morgan fingerprint density at radius 3 is 1.73 bits per heavy atom. The molecule has 0 bridgehead atoms. The van der Waals surface area contributed by atoms with Crippen LogP contribution in [0.4, 0.5) is 0 Å². The van der Waals surface area contributed by atoms with Gasteiger partial charge in [-0.25, -0.2) is 0 Å². The third kappa shape index (κ3) is 9.61. The number of nitrogens with zero attached hydrogens (tertiary/aromatic N) is 3. The van der Waals surface area contributed by atoms with Crippen molar-refractivity contribution >= 4 is 23.6 Å². The van der Waals surface area contributed by atoms with E-state index in [4.69, 9.17) is 5.73 Å². The second-order valence-corrected chi connectivity index (χ2v) is 11.9. The number of likely N-dealkylation sites (N-methyl/N-ethyl adjacent to an activating group) is 4. The summed E-state index contributed by atoms with van der Waals surface area (Å²) in [4.78, 5) is 58.3. The molecule has 0 saturated heterocycles. The van der Waals surface area contributed by atoms with Gasteiger partial charge in [-0.2, -0.15) is 0 Å². The Hall–Kier alpha value is -2.94. The maximum atomic E-state index is 14.1. The highest BCUT2D eigenvalue weighted by Gasteiger charge is 2.40. The fourth-order valence-electron chi connectivity index (χ4n) is 5.09. The van der Waals surface area contributed by atoms with Gasteiger partial charge in [0.2, 0.25) is 23.6 Å². The number of hydrogen-bond acceptors (Lipinski definition) is 5. The largest absolute Gasteiger partial charge is 0.368 e. The molecule has 0 spiro atoms. The van der Waals surface area contributed by atoms with Crippen LogP contribution in [0.15, 0.2) is 30.3 Å². The van der Waals surface area contributed by atoms with Crippen LogP contribution >= 0.6 is 0 Å². The van der Waals surface area contributed by atoms with Gasteiger partial charge in [0.25, 0.3) is 0 Å². The van der Waals surface area contributed by atoms with Gasteiger partial charge < -0.3 is 25.8 Å². The number of carbonyl (C=O) groups excluding carboxylic acids is 4. The first-order valence-electron chi connectivity index (χ1n) is 14.5. The van der Waals surface area contributed by atoms with E-state index in [1.807, 2.05) is 71.9 Å². The van der Waals surface area contributed by atoms with Crippen molar-refractivity contribution in [3.05, 3.63) is 35.9 Å². The molecule has 9 heteroatoms. The summed E-state index contributed by atoms with van der Waals surface area (Å²) in [6, 6.07) is 6.90. The minimum Gasteiger partial charge on any atom is -0.368 e. The van der Waals surface area contributed by atoms with Crippen molar-refractivity contribution in [1.29, 1.82) is 0 Å². The van der Waals surface area contributed by atoms with Gasteiger partial charge in [-0.3, -0.25) is 19.2 Å². The van der Waals surface area contributed by atoms with Gasteiger partial charge in [-0.15, -0.1) is 0 Å². The fraction of sp³-hybridized carbons (Fsp3) is 0.677. The molecule has 9 nitrogen and oxygen atoms in total. The van der Waals surface area contributed by atoms with Crippen LogP contribution in [0.3, 0.4) is 0 Å². The summed E-state index contributed by atoms with van der Waals surface area (Å²) in [5.74, 6) is -1.28. The highest BCUT2D eigenvalue weighted by atomic mass is 16.2. The van der Waals surface area contributed by atoms with Gasteiger partial charge in [0.05, 0.1) is 6.04 Å². The molecule has 1 aromatic rings. The maximum absolute atomic E-state index is 14.1. The van der Waals surface area contributed by atoms with Crippen molar-refractivity contribution in [2.45, 2.75) is 91.4 Å². The smallest absolute Gasteiger partial charge is 0.246 e. The van der Waals surface area contributed by atoms with E-state index in [2.05, 4.69) is 5.32 Å². The van der Waals surface area contributed by atoms with Crippen molar-refractivity contribution in [3.63, 3.8) is 0 Å². The Labute approximate surface area is 241 Å². The zero-order valence-electron chi connectivity index (χ0n) is 26.3. The van der Waals surface area contributed by atoms with Crippen molar-refractivity contribution in [2.75, 3.05) is 28.2 Å². The normalized spacial score (nSPS) is 15.2. The molecule has 5 atom stereocenters. The Morgan fingerprint density at radius 1 is 0.775 bits per heavy atom. The molecule has 3 unspecified atom stereocenters. The van der Waals surface area contributed by atoms with Crippen LogP contribution in [0.5, 0.6) is 0 Å². The van der Waals surface area contributed by atoms with Crippen molar-refractivity contribution in [1.82, 2.24) is 20.0 Å². The number of rotatable bonds is 16. The molecule has 0 heterocycles. The van der Waals surface area contributed by atoms with Crippen LogP contribution in [-0.2, 0) is 25.6 Å². The predicted molar refractivity (Wildman–Crippen MR) is 160 cm³/mol. The van der Waals surface area contributed by atoms with E-state index in [0.717, 1.165) is 5.56 Å². The van der Waals surface area contributed by atoms with Crippen LogP contribution in [0.2, 0.25) is 0 Å². The van der Waals surface area contributed by atoms with Crippen molar-refractivity contribution in [3.8, 4) is 0 Å². The summed E-state index contributed by atoms with van der Waals surface area (Å²) in [5, 5.41) is 3.11. The topological polar surface area (TPSA) is 116 Å². The Morgan fingerprint density at radius 2 is 1.27 bits per heavy atom. The molecular weight excluding hydrogens is 506 g/mol. The molecule has 1 rings (SSSR count). The minimum absolute atomic E-state index is 0.130. The number of nitrogens with one attached hydrogen (secondary N) is 1. The SMILES string of the molecule is CC[C@H](C)[C@@H](C(=O)N(C)C(CC(C)C)C(N)=O)N(C)C(=O)C(CC(C)C)N(C)C(=O)C(Cc1ccccc1)NC. The van der Waals surface area contributed by atoms with Crippen molar-refractivity contribution in [2.24, 2.45) is 23.5 Å². The summed E-state index contributed by atoms with van der Waals surface area (Å²) in [5.41, 5.74) is 6.69. The van der Waals surface area contributed by atoms with Crippen LogP contribution in [0.1, 0.15) is 66.4 Å². The molecule has 3 N–H and O–H groups in total. The van der Waals surface area contributed by atoms with Gasteiger partial charge in [0.1, 0.15) is 18.1 Å². The highest BCUT2D eigenvalue weighted by Crippen LogP contribution is 2.23. The van der Waals surface area contributed by atoms with Crippen LogP contribution in [0.25, 0.3) is 0 Å². The van der Waals surface area contributed by atoms with E-state index >= 15 is 0 Å². The first kappa shape index (κ1) is 35.1. The lowest BCUT2D eigenvalue weighted by Crippen LogP contribution is -2.60. The highest BCUT2D eigenvalue weighted by molar-refractivity contribution is 5.94. The molecule has 1 aromatic carbocycles. The van der Waals surface area contributed by atoms with E-state index in [1.165, 1.54) is 14.7 Å². The summed E-state index contributed by atoms with van der Waals surface area (Å²) in [7, 11) is 6.60. The van der Waals surface area contributed by atoms with Gasteiger partial charge >= 0.3 is 0 Å². The second-order valence-electron chi connectivity index (χ2n) is 11.9. The molecule has 0 aliphatic carbocycles. The fourth-order valence-corrected chi connectivity index (χ4v) is 5.09. The summed E-state index contributed by atoms with van der Waals surface area (Å²) < 4.78 is 0. The van der Waals surface area contributed by atoms with Crippen LogP contribution in [0, 0.1) is 17.8 Å². The van der Waals surface area contributed by atoms with Gasteiger partial charge in [-0.05, 0) is 49.6 Å². The number of primary amides is 1. The Balaban J connectivity index is 3.34. The van der Waals surface area contributed by atoms with E-state index in [9.17, 15) is 19.2 Å². The molecule has 226 valence electrons. The molecule has 0 aromatic heterocycles. The lowest BCUT2D eigenvalue weighted by molar-refractivity contribution is -0.154. The van der Waals surface area contributed by atoms with E-state index in [1.54, 1.807) is 28.2 Å². The quantitative estimate of drug-likeness (QED) is 0.323. The molecule has 40 heavy (non-hydrogen) atoms. The number of carbonyl (C=O) groups is 4. The summed E-state index contributed by atoms with van der Waals surface area (Å²) >= 11 is 0. The molecule has 0 aliphatic rings. The lowest BCUT2D eigenvalue weighted by Gasteiger charge is -2.40. The Bertz CT molecular complexity index is 968. The van der Waals surface area contributed by atoms with Crippen molar-refractivity contribution < 1.29 is 19.2 Å². The third-order valence-corrected chi connectivity index (χ3v) is 7.76. The summed E-state index contributed by atoms with van der Waals surface area (Å²) in [6.45, 7) is 11.8. The number of nitrogens with two attached hydrogens (primary N) is 1. The second kappa shape index (κ2) is 16.4. The predicted octanol–water partition coefficient (Wildman–Crippen LogP) is 2.92. The summed E-state index contributed by atoms with van der Waals surface area (Å²) in [6.07, 6.45) is 2.02. The van der Waals surface area contributed by atoms with Gasteiger partial charge in [-0.1, -0.05) is 78.3 Å². The molecule has 0 saturated carbocycles. The van der Waals surface area contributed by atoms with Gasteiger partial charge in [0, 0.05) is 21.1 Å². The van der Waals surface area contributed by atoms with Crippen LogP contribution in [-0.4, -0.2) is 90.7 Å². The molecule has 0 radical (unpaired) electrons. The third-order valence-electron chi connectivity index (χ3n) is 7.76.